The van der Waals surface area contributed by atoms with Gasteiger partial charge in [-0.3, -0.25) is 9.59 Å². The van der Waals surface area contributed by atoms with Crippen LogP contribution in [-0.2, 0) is 16.0 Å². The number of rotatable bonds is 6. The fraction of sp³-hybridized carbons (Fsp3) is 0.500. The van der Waals surface area contributed by atoms with Gasteiger partial charge in [0.05, 0.1) is 5.92 Å². The second-order valence-corrected chi connectivity index (χ2v) is 7.23. The molecule has 2 aromatic rings. The van der Waals surface area contributed by atoms with Gasteiger partial charge in [0.25, 0.3) is 0 Å². The molecule has 1 aliphatic carbocycles. The quantitative estimate of drug-likeness (QED) is 0.735. The molecule has 8 heteroatoms. The summed E-state index contributed by atoms with van der Waals surface area (Å²) in [5.41, 5.74) is 1.13. The largest absolute Gasteiger partial charge is 0.481 e. The Bertz CT molecular complexity index is 852. The van der Waals surface area contributed by atoms with Crippen LogP contribution < -0.4 is 5.32 Å². The molecule has 2 N–H and O–H groups in total. The van der Waals surface area contributed by atoms with Crippen LogP contribution in [0, 0.1) is 18.7 Å². The summed E-state index contributed by atoms with van der Waals surface area (Å²) < 4.78 is 18.6. The molecule has 150 valence electrons. The van der Waals surface area contributed by atoms with Crippen molar-refractivity contribution in [1.29, 1.82) is 0 Å². The van der Waals surface area contributed by atoms with E-state index in [4.69, 9.17) is 4.52 Å². The van der Waals surface area contributed by atoms with Crippen molar-refractivity contribution < 1.29 is 23.6 Å². The zero-order valence-corrected chi connectivity index (χ0v) is 15.8. The number of halogens is 1. The van der Waals surface area contributed by atoms with Crippen molar-refractivity contribution in [3.63, 3.8) is 0 Å². The Kier molecular flexibility index (Phi) is 6.38. The molecule has 1 aromatic heterocycles. The van der Waals surface area contributed by atoms with Gasteiger partial charge in [-0.1, -0.05) is 24.4 Å². The fourth-order valence-corrected chi connectivity index (χ4v) is 3.53. The first kappa shape index (κ1) is 20.0. The Morgan fingerprint density at radius 1 is 1.29 bits per heavy atom. The van der Waals surface area contributed by atoms with Crippen molar-refractivity contribution in [2.75, 3.05) is 0 Å². The van der Waals surface area contributed by atoms with Crippen LogP contribution >= 0.6 is 0 Å². The van der Waals surface area contributed by atoms with Gasteiger partial charge in [-0.05, 0) is 43.5 Å². The number of amides is 1. The van der Waals surface area contributed by atoms with Gasteiger partial charge in [-0.15, -0.1) is 0 Å². The molecule has 2 atom stereocenters. The average Bonchev–Trinajstić information content (AvgIpc) is 3.01. The lowest BCUT2D eigenvalue weighted by molar-refractivity contribution is -0.143. The molecule has 1 aliphatic rings. The lowest BCUT2D eigenvalue weighted by Crippen LogP contribution is -2.42. The number of aryl methyl sites for hydroxylation is 2. The molecule has 0 spiro atoms. The molecule has 3 rings (SSSR count). The van der Waals surface area contributed by atoms with Crippen LogP contribution in [0.25, 0.3) is 11.4 Å². The zero-order chi connectivity index (χ0) is 20.1. The normalized spacial score (nSPS) is 19.8. The van der Waals surface area contributed by atoms with Gasteiger partial charge in [-0.25, -0.2) is 4.39 Å². The number of carboxylic acid groups (broad SMARTS) is 1. The van der Waals surface area contributed by atoms with E-state index >= 15 is 0 Å². The second kappa shape index (κ2) is 8.95. The second-order valence-electron chi connectivity index (χ2n) is 7.23. The van der Waals surface area contributed by atoms with Crippen LogP contribution in [0.3, 0.4) is 0 Å². The number of aliphatic carboxylic acids is 1. The highest BCUT2D eigenvalue weighted by molar-refractivity contribution is 5.78. The summed E-state index contributed by atoms with van der Waals surface area (Å²) in [6.07, 6.45) is 4.43. The highest BCUT2D eigenvalue weighted by Crippen LogP contribution is 2.24. The van der Waals surface area contributed by atoms with Crippen LogP contribution in [0.15, 0.2) is 22.7 Å². The van der Waals surface area contributed by atoms with Gasteiger partial charge >= 0.3 is 5.97 Å². The molecule has 7 nitrogen and oxygen atoms in total. The highest BCUT2D eigenvalue weighted by atomic mass is 19.1. The summed E-state index contributed by atoms with van der Waals surface area (Å²) in [5, 5.41) is 16.1. The third-order valence-corrected chi connectivity index (χ3v) is 5.13. The van der Waals surface area contributed by atoms with E-state index in [1.165, 1.54) is 6.07 Å². The minimum atomic E-state index is -0.858. The van der Waals surface area contributed by atoms with E-state index < -0.39 is 11.9 Å². The summed E-state index contributed by atoms with van der Waals surface area (Å²) in [6.45, 7) is 1.65. The van der Waals surface area contributed by atoms with E-state index in [-0.39, 0.29) is 30.6 Å². The molecule has 1 aromatic carbocycles. The number of carbonyl (C=O) groups excluding carboxylic acids is 1. The highest BCUT2D eigenvalue weighted by Gasteiger charge is 2.30. The molecule has 1 heterocycles. The van der Waals surface area contributed by atoms with Gasteiger partial charge in [-0.2, -0.15) is 4.98 Å². The van der Waals surface area contributed by atoms with Crippen molar-refractivity contribution in [2.45, 2.75) is 57.9 Å². The van der Waals surface area contributed by atoms with Crippen LogP contribution in [0.5, 0.6) is 0 Å². The smallest absolute Gasteiger partial charge is 0.308 e. The number of hydrogen-bond acceptors (Lipinski definition) is 5. The molecule has 0 aliphatic heterocycles. The molecule has 0 radical (unpaired) electrons. The number of benzene rings is 1. The molecule has 1 amide bonds. The van der Waals surface area contributed by atoms with Gasteiger partial charge < -0.3 is 14.9 Å². The molecule has 1 fully saturated rings. The third-order valence-electron chi connectivity index (χ3n) is 5.13. The van der Waals surface area contributed by atoms with Crippen LogP contribution in [0.4, 0.5) is 4.39 Å². The SMILES string of the molecule is Cc1cc(-c2noc(CCC(=O)N[C@H]3CCCCC[C@H]3C(=O)O)n2)ccc1F. The standard InChI is InChI=1S/C20H24FN3O4/c1-12-11-13(7-8-15(12)21)19-23-18(28-24-19)10-9-17(25)22-16-6-4-2-3-5-14(16)20(26)27/h7-8,11,14,16H,2-6,9-10H2,1H3,(H,22,25)(H,26,27)/t14-,16+/m1/s1. The van der Waals surface area contributed by atoms with Gasteiger partial charge in [0.15, 0.2) is 0 Å². The van der Waals surface area contributed by atoms with Crippen molar-refractivity contribution in [2.24, 2.45) is 5.92 Å². The average molecular weight is 389 g/mol. The van der Waals surface area contributed by atoms with Crippen molar-refractivity contribution in [3.05, 3.63) is 35.5 Å². The van der Waals surface area contributed by atoms with E-state index in [0.29, 0.717) is 35.7 Å². The Morgan fingerprint density at radius 3 is 2.82 bits per heavy atom. The fourth-order valence-electron chi connectivity index (χ4n) is 3.53. The number of nitrogens with one attached hydrogen (secondary N) is 1. The molecular formula is C20H24FN3O4. The first-order chi connectivity index (χ1) is 13.4. The summed E-state index contributed by atoms with van der Waals surface area (Å²) in [4.78, 5) is 28.0. The number of carbonyl (C=O) groups is 2. The zero-order valence-electron chi connectivity index (χ0n) is 15.8. The first-order valence-electron chi connectivity index (χ1n) is 9.55. The Morgan fingerprint density at radius 2 is 2.07 bits per heavy atom. The minimum Gasteiger partial charge on any atom is -0.481 e. The maximum Gasteiger partial charge on any atom is 0.308 e. The molecule has 1 saturated carbocycles. The van der Waals surface area contributed by atoms with E-state index in [9.17, 15) is 19.1 Å². The van der Waals surface area contributed by atoms with E-state index in [0.717, 1.165) is 19.3 Å². The summed E-state index contributed by atoms with van der Waals surface area (Å²) in [6, 6.07) is 4.21. The Hall–Kier alpha value is -2.77. The molecule has 0 unspecified atom stereocenters. The maximum absolute atomic E-state index is 13.4. The number of carboxylic acids is 1. The maximum atomic E-state index is 13.4. The summed E-state index contributed by atoms with van der Waals surface area (Å²) >= 11 is 0. The first-order valence-corrected chi connectivity index (χ1v) is 9.55. The molecule has 0 saturated heterocycles. The van der Waals surface area contributed by atoms with E-state index in [2.05, 4.69) is 15.5 Å². The lowest BCUT2D eigenvalue weighted by Gasteiger charge is -2.22. The van der Waals surface area contributed by atoms with Crippen LogP contribution in [-0.4, -0.2) is 33.2 Å². The Labute approximate surface area is 162 Å². The van der Waals surface area contributed by atoms with Crippen LogP contribution in [0.1, 0.15) is 50.0 Å². The van der Waals surface area contributed by atoms with E-state index in [1.54, 1.807) is 19.1 Å². The van der Waals surface area contributed by atoms with Crippen molar-refractivity contribution >= 4 is 11.9 Å². The summed E-state index contributed by atoms with van der Waals surface area (Å²) in [5.74, 6) is -1.28. The monoisotopic (exact) mass is 389 g/mol. The van der Waals surface area contributed by atoms with Crippen LogP contribution in [0.2, 0.25) is 0 Å². The van der Waals surface area contributed by atoms with Gasteiger partial charge in [0.1, 0.15) is 5.82 Å². The third kappa shape index (κ3) is 4.94. The molecular weight excluding hydrogens is 365 g/mol. The summed E-state index contributed by atoms with van der Waals surface area (Å²) in [7, 11) is 0. The topological polar surface area (TPSA) is 105 Å². The van der Waals surface area contributed by atoms with Gasteiger partial charge in [0, 0.05) is 24.4 Å². The number of aromatic nitrogens is 2. The Balaban J connectivity index is 1.56. The van der Waals surface area contributed by atoms with Crippen molar-refractivity contribution in [1.82, 2.24) is 15.5 Å². The predicted molar refractivity (Wildman–Crippen MR) is 98.9 cm³/mol. The number of nitrogens with zero attached hydrogens (tertiary/aromatic N) is 2. The molecule has 28 heavy (non-hydrogen) atoms. The minimum absolute atomic E-state index is 0.132. The van der Waals surface area contributed by atoms with Crippen molar-refractivity contribution in [3.8, 4) is 11.4 Å². The van der Waals surface area contributed by atoms with Gasteiger partial charge in [0.2, 0.25) is 17.6 Å². The van der Waals surface area contributed by atoms with E-state index in [1.807, 2.05) is 0 Å². The predicted octanol–water partition coefficient (Wildman–Crippen LogP) is 3.27. The molecule has 0 bridgehead atoms. The lowest BCUT2D eigenvalue weighted by atomic mass is 9.94. The number of hydrogen-bond donors (Lipinski definition) is 2.